The normalized spacial score (nSPS) is 17.0. The van der Waals surface area contributed by atoms with Gasteiger partial charge >= 0.3 is 0 Å². The van der Waals surface area contributed by atoms with Gasteiger partial charge in [0, 0.05) is 48.9 Å². The van der Waals surface area contributed by atoms with E-state index in [0.29, 0.717) is 24.3 Å². The molecule has 1 amide bonds. The lowest BCUT2D eigenvalue weighted by Crippen LogP contribution is -2.39. The molecule has 2 N–H and O–H groups in total. The van der Waals surface area contributed by atoms with Crippen molar-refractivity contribution in [1.82, 2.24) is 19.3 Å². The summed E-state index contributed by atoms with van der Waals surface area (Å²) in [7, 11) is 0. The number of aromatic nitrogens is 3. The Hall–Kier alpha value is -3.22. The van der Waals surface area contributed by atoms with Gasteiger partial charge in [-0.3, -0.25) is 14.0 Å². The van der Waals surface area contributed by atoms with Crippen LogP contribution in [0.4, 0.5) is 5.82 Å². The van der Waals surface area contributed by atoms with Crippen molar-refractivity contribution in [2.75, 3.05) is 18.8 Å². The minimum Gasteiger partial charge on any atom is -0.382 e. The Labute approximate surface area is 163 Å². The predicted octanol–water partition coefficient (Wildman–Crippen LogP) is 2.91. The Morgan fingerprint density at radius 2 is 2.11 bits per heavy atom. The van der Waals surface area contributed by atoms with Crippen LogP contribution in [0.15, 0.2) is 36.7 Å². The number of rotatable bonds is 4. The third kappa shape index (κ3) is 3.13. The van der Waals surface area contributed by atoms with Crippen LogP contribution >= 0.6 is 0 Å². The van der Waals surface area contributed by atoms with E-state index in [1.807, 2.05) is 34.6 Å². The summed E-state index contributed by atoms with van der Waals surface area (Å²) < 4.78 is 2.00. The van der Waals surface area contributed by atoms with Crippen LogP contribution < -0.4 is 5.73 Å². The summed E-state index contributed by atoms with van der Waals surface area (Å²) in [6.07, 6.45) is 6.80. The topological polar surface area (TPSA) is 93.6 Å². The maximum atomic E-state index is 12.2. The molecule has 3 aromatic rings. The van der Waals surface area contributed by atoms with Gasteiger partial charge in [-0.2, -0.15) is 0 Å². The molecular formula is C21H23N5O2. The first kappa shape index (κ1) is 18.2. The average molecular weight is 377 g/mol. The molecule has 1 aliphatic heterocycles. The largest absolute Gasteiger partial charge is 0.382 e. The Bertz CT molecular complexity index is 1030. The van der Waals surface area contributed by atoms with E-state index >= 15 is 0 Å². The van der Waals surface area contributed by atoms with E-state index in [-0.39, 0.29) is 11.8 Å². The van der Waals surface area contributed by atoms with E-state index in [2.05, 4.69) is 4.98 Å². The smallest absolute Gasteiger partial charge is 0.222 e. The van der Waals surface area contributed by atoms with Crippen molar-refractivity contribution in [3.63, 3.8) is 0 Å². The number of carbonyl (C=O) groups is 2. The van der Waals surface area contributed by atoms with E-state index < -0.39 is 0 Å². The number of likely N-dealkylation sites (tertiary alicyclic amines) is 1. The monoisotopic (exact) mass is 377 g/mol. The number of amides is 1. The first-order chi connectivity index (χ1) is 13.6. The van der Waals surface area contributed by atoms with Gasteiger partial charge in [-0.15, -0.1) is 0 Å². The Kier molecular flexibility index (Phi) is 4.81. The van der Waals surface area contributed by atoms with Crippen LogP contribution in [0.3, 0.4) is 0 Å². The fourth-order valence-corrected chi connectivity index (χ4v) is 3.93. The quantitative estimate of drug-likeness (QED) is 0.706. The first-order valence-corrected chi connectivity index (χ1v) is 9.58. The average Bonchev–Trinajstić information content (AvgIpc) is 3.14. The molecule has 1 fully saturated rings. The number of anilines is 1. The molecular weight excluding hydrogens is 354 g/mol. The van der Waals surface area contributed by atoms with Gasteiger partial charge in [0.25, 0.3) is 0 Å². The van der Waals surface area contributed by atoms with E-state index in [4.69, 9.17) is 10.7 Å². The van der Waals surface area contributed by atoms with Crippen LogP contribution in [0.1, 0.15) is 48.3 Å². The SMILES string of the molecule is CCC(=O)N1CCCC(c2nc(-c3ccc(C=O)cc3)c3c(N)nccn23)C1. The summed E-state index contributed by atoms with van der Waals surface area (Å²) in [5.74, 6) is 1.62. The van der Waals surface area contributed by atoms with Crippen molar-refractivity contribution in [2.45, 2.75) is 32.1 Å². The lowest BCUT2D eigenvalue weighted by atomic mass is 9.97. The first-order valence-electron chi connectivity index (χ1n) is 9.58. The van der Waals surface area contributed by atoms with Gasteiger partial charge < -0.3 is 10.6 Å². The number of hydrogen-bond donors (Lipinski definition) is 1. The summed E-state index contributed by atoms with van der Waals surface area (Å²) in [4.78, 5) is 34.3. The molecule has 0 aliphatic carbocycles. The summed E-state index contributed by atoms with van der Waals surface area (Å²) in [6.45, 7) is 3.36. The molecule has 7 heteroatoms. The van der Waals surface area contributed by atoms with Gasteiger partial charge in [0.1, 0.15) is 29.1 Å². The molecule has 3 heterocycles. The van der Waals surface area contributed by atoms with E-state index in [1.165, 1.54) is 0 Å². The van der Waals surface area contributed by atoms with Crippen LogP contribution in [-0.2, 0) is 4.79 Å². The van der Waals surface area contributed by atoms with Gasteiger partial charge in [0.05, 0.1) is 0 Å². The molecule has 144 valence electrons. The number of imidazole rings is 1. The molecule has 28 heavy (non-hydrogen) atoms. The number of nitrogen functional groups attached to an aromatic ring is 1. The van der Waals surface area contributed by atoms with Crippen molar-refractivity contribution < 1.29 is 9.59 Å². The maximum Gasteiger partial charge on any atom is 0.222 e. The molecule has 1 aliphatic rings. The third-order valence-electron chi connectivity index (χ3n) is 5.37. The number of fused-ring (bicyclic) bond motifs is 1. The molecule has 1 atom stereocenters. The molecule has 7 nitrogen and oxygen atoms in total. The van der Waals surface area contributed by atoms with Gasteiger partial charge in [0.15, 0.2) is 0 Å². The molecule has 0 spiro atoms. The lowest BCUT2D eigenvalue weighted by Gasteiger charge is -2.32. The fraction of sp³-hybridized carbons (Fsp3) is 0.333. The summed E-state index contributed by atoms with van der Waals surface area (Å²) in [6, 6.07) is 7.27. The Morgan fingerprint density at radius 1 is 1.32 bits per heavy atom. The number of carbonyl (C=O) groups excluding carboxylic acids is 2. The van der Waals surface area contributed by atoms with Crippen molar-refractivity contribution in [3.05, 3.63) is 48.0 Å². The highest BCUT2D eigenvalue weighted by molar-refractivity contribution is 5.86. The van der Waals surface area contributed by atoms with Crippen LogP contribution in [0.25, 0.3) is 16.8 Å². The zero-order valence-corrected chi connectivity index (χ0v) is 15.8. The maximum absolute atomic E-state index is 12.2. The third-order valence-corrected chi connectivity index (χ3v) is 5.37. The second kappa shape index (κ2) is 7.42. The van der Waals surface area contributed by atoms with Crippen molar-refractivity contribution in [2.24, 2.45) is 0 Å². The lowest BCUT2D eigenvalue weighted by molar-refractivity contribution is -0.132. The minimum atomic E-state index is 0.140. The Morgan fingerprint density at radius 3 is 2.82 bits per heavy atom. The van der Waals surface area contributed by atoms with Crippen LogP contribution in [0.2, 0.25) is 0 Å². The summed E-state index contributed by atoms with van der Waals surface area (Å²) in [5, 5.41) is 0. The van der Waals surface area contributed by atoms with Gasteiger partial charge in [-0.1, -0.05) is 31.2 Å². The molecule has 1 unspecified atom stereocenters. The van der Waals surface area contributed by atoms with E-state index in [9.17, 15) is 9.59 Å². The molecule has 1 aromatic carbocycles. The Balaban J connectivity index is 1.80. The van der Waals surface area contributed by atoms with Crippen LogP contribution in [-0.4, -0.2) is 44.6 Å². The summed E-state index contributed by atoms with van der Waals surface area (Å²) in [5.41, 5.74) is 9.20. The predicted molar refractivity (Wildman–Crippen MR) is 107 cm³/mol. The van der Waals surface area contributed by atoms with Crippen LogP contribution in [0, 0.1) is 0 Å². The highest BCUT2D eigenvalue weighted by Crippen LogP contribution is 2.33. The fourth-order valence-electron chi connectivity index (χ4n) is 3.93. The standard InChI is InChI=1S/C21H23N5O2/c1-2-17(28)25-10-3-4-16(12-25)21-24-18(15-7-5-14(13-27)6-8-15)19-20(22)23-9-11-26(19)21/h5-9,11,13,16H,2-4,10,12H2,1H3,(H2,22,23). The van der Waals surface area contributed by atoms with Crippen molar-refractivity contribution in [1.29, 1.82) is 0 Å². The minimum absolute atomic E-state index is 0.140. The van der Waals surface area contributed by atoms with Gasteiger partial charge in [-0.05, 0) is 12.8 Å². The van der Waals surface area contributed by atoms with Gasteiger partial charge in [0.2, 0.25) is 5.91 Å². The zero-order valence-electron chi connectivity index (χ0n) is 15.8. The molecule has 0 saturated carbocycles. The van der Waals surface area contributed by atoms with E-state index in [0.717, 1.165) is 48.3 Å². The second-order valence-corrected chi connectivity index (χ2v) is 7.12. The highest BCUT2D eigenvalue weighted by Gasteiger charge is 2.28. The molecule has 4 rings (SSSR count). The van der Waals surface area contributed by atoms with Crippen molar-refractivity contribution in [3.8, 4) is 11.3 Å². The number of hydrogen-bond acceptors (Lipinski definition) is 5. The second-order valence-electron chi connectivity index (χ2n) is 7.12. The van der Waals surface area contributed by atoms with Crippen LogP contribution in [0.5, 0.6) is 0 Å². The summed E-state index contributed by atoms with van der Waals surface area (Å²) >= 11 is 0. The number of benzene rings is 1. The molecule has 1 saturated heterocycles. The highest BCUT2D eigenvalue weighted by atomic mass is 16.2. The zero-order chi connectivity index (χ0) is 19.7. The molecule has 2 aromatic heterocycles. The number of nitrogens with zero attached hydrogens (tertiary/aromatic N) is 4. The number of aldehydes is 1. The van der Waals surface area contributed by atoms with Crippen molar-refractivity contribution >= 4 is 23.5 Å². The molecule has 0 radical (unpaired) electrons. The number of nitrogens with two attached hydrogens (primary N) is 1. The van der Waals surface area contributed by atoms with Gasteiger partial charge in [-0.25, -0.2) is 9.97 Å². The molecule has 0 bridgehead atoms. The number of piperidine rings is 1. The van der Waals surface area contributed by atoms with E-state index in [1.54, 1.807) is 18.3 Å².